The Kier molecular flexibility index (Phi) is 4.28. The van der Waals surface area contributed by atoms with Crippen molar-refractivity contribution in [2.75, 3.05) is 18.8 Å². The fraction of sp³-hybridized carbons (Fsp3) is 0.333. The summed E-state index contributed by atoms with van der Waals surface area (Å²) in [5, 5.41) is 0.969. The van der Waals surface area contributed by atoms with Gasteiger partial charge < -0.3 is 15.4 Å². The summed E-state index contributed by atoms with van der Waals surface area (Å²) in [5.74, 6) is 1.41. The topological polar surface area (TPSA) is 68.5 Å². The number of nitrogens with two attached hydrogens (primary N) is 1. The van der Waals surface area contributed by atoms with E-state index in [1.54, 1.807) is 0 Å². The van der Waals surface area contributed by atoms with E-state index in [1.165, 1.54) is 5.56 Å². The van der Waals surface area contributed by atoms with Crippen molar-refractivity contribution in [2.24, 2.45) is 5.92 Å². The van der Waals surface area contributed by atoms with Crippen LogP contribution in [-0.2, 0) is 11.3 Å². The summed E-state index contributed by atoms with van der Waals surface area (Å²) in [5.41, 5.74) is 11.0. The molecule has 2 aromatic carbocycles. The van der Waals surface area contributed by atoms with E-state index in [1.807, 2.05) is 36.1 Å². The zero-order valence-electron chi connectivity index (χ0n) is 16.8. The molecule has 3 atom stereocenters. The largest absolute Gasteiger partial charge is 0.383 e. The third-order valence-electron chi connectivity index (χ3n) is 6.42. The molecule has 3 aromatic rings. The summed E-state index contributed by atoms with van der Waals surface area (Å²) >= 11 is 0. The van der Waals surface area contributed by atoms with Crippen LogP contribution >= 0.6 is 0 Å². The lowest BCUT2D eigenvalue weighted by Crippen LogP contribution is -2.28. The van der Waals surface area contributed by atoms with E-state index in [0.29, 0.717) is 29.8 Å². The zero-order chi connectivity index (χ0) is 20.1. The van der Waals surface area contributed by atoms with Crippen LogP contribution in [0.25, 0.3) is 10.9 Å². The van der Waals surface area contributed by atoms with Crippen LogP contribution in [-0.4, -0.2) is 28.9 Å². The van der Waals surface area contributed by atoms with Crippen LogP contribution in [0.1, 0.15) is 52.9 Å². The summed E-state index contributed by atoms with van der Waals surface area (Å²) < 4.78 is 5.77. The van der Waals surface area contributed by atoms with Crippen LogP contribution < -0.4 is 5.73 Å². The maximum atomic E-state index is 13.3. The number of rotatable bonds is 2. The quantitative estimate of drug-likeness (QED) is 0.712. The van der Waals surface area contributed by atoms with Crippen LogP contribution in [0.3, 0.4) is 0 Å². The van der Waals surface area contributed by atoms with Gasteiger partial charge in [0.05, 0.1) is 18.2 Å². The smallest absolute Gasteiger partial charge is 0.253 e. The first-order valence-electron chi connectivity index (χ1n) is 10.2. The number of nitrogen functional groups attached to an aromatic ring is 1. The van der Waals surface area contributed by atoms with Gasteiger partial charge in [-0.2, -0.15) is 0 Å². The Hall–Kier alpha value is -2.92. The van der Waals surface area contributed by atoms with Crippen LogP contribution in [0.4, 0.5) is 5.82 Å². The average molecular weight is 387 g/mol. The molecule has 29 heavy (non-hydrogen) atoms. The second-order valence-electron chi connectivity index (χ2n) is 8.28. The fourth-order valence-electron chi connectivity index (χ4n) is 4.85. The number of carbonyl (C=O) groups excluding carboxylic acids is 1. The molecule has 0 spiro atoms. The van der Waals surface area contributed by atoms with E-state index in [2.05, 4.69) is 36.2 Å². The minimum atomic E-state index is -0.0627. The van der Waals surface area contributed by atoms with Crippen molar-refractivity contribution in [1.82, 2.24) is 9.88 Å². The van der Waals surface area contributed by atoms with Crippen molar-refractivity contribution < 1.29 is 9.53 Å². The van der Waals surface area contributed by atoms with E-state index < -0.39 is 0 Å². The number of nitrogens with zero attached hydrogens (tertiary/aromatic N) is 2. The minimum Gasteiger partial charge on any atom is -0.383 e. The number of anilines is 1. The van der Waals surface area contributed by atoms with Crippen LogP contribution in [0.15, 0.2) is 48.5 Å². The summed E-state index contributed by atoms with van der Waals surface area (Å²) in [4.78, 5) is 19.8. The highest BCUT2D eigenvalue weighted by molar-refractivity contribution is 5.99. The number of hydrogen-bond acceptors (Lipinski definition) is 4. The van der Waals surface area contributed by atoms with E-state index in [0.717, 1.165) is 35.1 Å². The van der Waals surface area contributed by atoms with Gasteiger partial charge in [-0.25, -0.2) is 4.98 Å². The predicted molar refractivity (Wildman–Crippen MR) is 114 cm³/mol. The molecule has 5 rings (SSSR count). The third-order valence-corrected chi connectivity index (χ3v) is 6.42. The first kappa shape index (κ1) is 18.1. The highest BCUT2D eigenvalue weighted by Gasteiger charge is 2.34. The molecule has 0 unspecified atom stereocenters. The number of aromatic nitrogens is 1. The van der Waals surface area contributed by atoms with Gasteiger partial charge in [-0.1, -0.05) is 37.3 Å². The van der Waals surface area contributed by atoms with E-state index in [-0.39, 0.29) is 12.0 Å². The molecule has 2 N–H and O–H groups in total. The van der Waals surface area contributed by atoms with Crippen molar-refractivity contribution >= 4 is 22.6 Å². The summed E-state index contributed by atoms with van der Waals surface area (Å²) in [6, 6.07) is 16.2. The highest BCUT2D eigenvalue weighted by Crippen LogP contribution is 2.38. The zero-order valence-corrected chi connectivity index (χ0v) is 16.8. The normalized spacial score (nSPS) is 23.5. The molecule has 1 aromatic heterocycles. The first-order valence-corrected chi connectivity index (χ1v) is 10.2. The molecule has 0 bridgehead atoms. The number of fused-ring (bicyclic) bond motifs is 3. The van der Waals surface area contributed by atoms with Gasteiger partial charge in [0.15, 0.2) is 0 Å². The lowest BCUT2D eigenvalue weighted by Gasteiger charge is -2.17. The number of carbonyl (C=O) groups is 1. The van der Waals surface area contributed by atoms with Crippen molar-refractivity contribution in [3.05, 3.63) is 70.8 Å². The van der Waals surface area contributed by atoms with Crippen molar-refractivity contribution in [1.29, 1.82) is 0 Å². The molecular formula is C24H25N3O2. The van der Waals surface area contributed by atoms with Crippen LogP contribution in [0.2, 0.25) is 0 Å². The first-order chi connectivity index (χ1) is 14.0. The summed E-state index contributed by atoms with van der Waals surface area (Å²) in [6.45, 7) is 6.24. The Morgan fingerprint density at radius 1 is 1.14 bits per heavy atom. The molecule has 2 aliphatic heterocycles. The van der Waals surface area contributed by atoms with Gasteiger partial charge >= 0.3 is 0 Å². The molecule has 0 saturated carbocycles. The Bertz CT molecular complexity index is 1100. The molecule has 1 fully saturated rings. The molecular weight excluding hydrogens is 362 g/mol. The Morgan fingerprint density at radius 2 is 1.93 bits per heavy atom. The summed E-state index contributed by atoms with van der Waals surface area (Å²) in [7, 11) is 0. The van der Waals surface area contributed by atoms with Crippen molar-refractivity contribution in [2.45, 2.75) is 32.5 Å². The third kappa shape index (κ3) is 2.97. The Balaban J connectivity index is 1.47. The molecule has 3 heterocycles. The van der Waals surface area contributed by atoms with Crippen molar-refractivity contribution in [3.63, 3.8) is 0 Å². The number of ether oxygens (including phenoxy) is 1. The fourth-order valence-corrected chi connectivity index (χ4v) is 4.85. The monoisotopic (exact) mass is 387 g/mol. The van der Waals surface area contributed by atoms with Gasteiger partial charge in [0.25, 0.3) is 5.91 Å². The van der Waals surface area contributed by atoms with Gasteiger partial charge in [-0.15, -0.1) is 0 Å². The second-order valence-corrected chi connectivity index (χ2v) is 8.28. The van der Waals surface area contributed by atoms with E-state index in [9.17, 15) is 4.79 Å². The number of benzene rings is 2. The molecule has 0 aliphatic carbocycles. The number of hydrogen-bond donors (Lipinski definition) is 1. The van der Waals surface area contributed by atoms with Gasteiger partial charge in [0.1, 0.15) is 5.82 Å². The van der Waals surface area contributed by atoms with E-state index >= 15 is 0 Å². The number of pyridine rings is 1. The second kappa shape index (κ2) is 6.85. The van der Waals surface area contributed by atoms with Gasteiger partial charge in [0, 0.05) is 35.5 Å². The summed E-state index contributed by atoms with van der Waals surface area (Å²) in [6.07, 6.45) is -0.0627. The molecule has 0 radical (unpaired) electrons. The lowest BCUT2D eigenvalue weighted by molar-refractivity contribution is 0.0785. The number of likely N-dealkylation sites (tertiary alicyclic amines) is 1. The molecule has 5 heteroatoms. The molecule has 5 nitrogen and oxygen atoms in total. The van der Waals surface area contributed by atoms with Crippen molar-refractivity contribution in [3.8, 4) is 0 Å². The van der Waals surface area contributed by atoms with Gasteiger partial charge in [-0.3, -0.25) is 4.79 Å². The SMILES string of the molecule is C[C@@H]1CN(C(=O)c2ccc3nc(N)c4c(c3c2)CO[C@@H]4C)C[C@H]1c1ccccc1. The van der Waals surface area contributed by atoms with Crippen LogP contribution in [0, 0.1) is 5.92 Å². The predicted octanol–water partition coefficient (Wildman–Crippen LogP) is 4.28. The minimum absolute atomic E-state index is 0.0627. The molecule has 1 saturated heterocycles. The Labute approximate surface area is 170 Å². The molecule has 2 aliphatic rings. The maximum Gasteiger partial charge on any atom is 0.253 e. The van der Waals surface area contributed by atoms with Gasteiger partial charge in [-0.05, 0) is 42.2 Å². The van der Waals surface area contributed by atoms with Gasteiger partial charge in [0.2, 0.25) is 0 Å². The maximum absolute atomic E-state index is 13.3. The Morgan fingerprint density at radius 3 is 2.72 bits per heavy atom. The van der Waals surface area contributed by atoms with E-state index in [4.69, 9.17) is 10.5 Å². The number of amides is 1. The standard InChI is InChI=1S/C24H25N3O2/c1-14-11-27(12-19(14)16-6-4-3-5-7-16)24(28)17-8-9-21-18(10-17)20-13-29-15(2)22(20)23(25)26-21/h3-10,14-15,19H,11-13H2,1-2H3,(H2,25,26)/t14-,15-,19-/m1/s1. The van der Waals surface area contributed by atoms with Crippen LogP contribution in [0.5, 0.6) is 0 Å². The molecule has 1 amide bonds. The highest BCUT2D eigenvalue weighted by atomic mass is 16.5. The lowest BCUT2D eigenvalue weighted by atomic mass is 9.90. The molecule has 148 valence electrons. The average Bonchev–Trinajstić information content (AvgIpc) is 3.31.